The highest BCUT2D eigenvalue weighted by Gasteiger charge is 2.18. The molecule has 0 aliphatic heterocycles. The molecule has 0 aliphatic carbocycles. The van der Waals surface area contributed by atoms with E-state index in [0.717, 1.165) is 0 Å². The number of hydrogen-bond donors (Lipinski definition) is 0. The van der Waals surface area contributed by atoms with Crippen LogP contribution in [0.25, 0.3) is 0 Å². The Morgan fingerprint density at radius 3 is 2.24 bits per heavy atom. The van der Waals surface area contributed by atoms with Crippen molar-refractivity contribution < 1.29 is 18.5 Å². The summed E-state index contributed by atoms with van der Waals surface area (Å²) in [5, 5.41) is 0.00143. The highest BCUT2D eigenvalue weighted by Crippen LogP contribution is 2.09. The molecule has 5 heteroatoms. The van der Waals surface area contributed by atoms with Crippen molar-refractivity contribution in [3.05, 3.63) is 0 Å². The summed E-state index contributed by atoms with van der Waals surface area (Å²) in [6.07, 6.45) is 0.204. The minimum atomic E-state index is -1.15. The van der Waals surface area contributed by atoms with Crippen molar-refractivity contribution in [3.63, 3.8) is 0 Å². The summed E-state index contributed by atoms with van der Waals surface area (Å²) in [7, 11) is -1.15. The average Bonchev–Trinajstić information content (AvgIpc) is 2.25. The van der Waals surface area contributed by atoms with Crippen molar-refractivity contribution in [2.24, 2.45) is 5.92 Å². The maximum atomic E-state index is 11.7. The van der Waals surface area contributed by atoms with Crippen LogP contribution >= 0.6 is 0 Å². The van der Waals surface area contributed by atoms with Crippen LogP contribution in [-0.4, -0.2) is 33.6 Å². The van der Waals surface area contributed by atoms with Gasteiger partial charge in [-0.3, -0.25) is 13.8 Å². The summed E-state index contributed by atoms with van der Waals surface area (Å²) in [4.78, 5) is 22.5. The molecule has 0 saturated heterocycles. The molecule has 0 bridgehead atoms. The van der Waals surface area contributed by atoms with Gasteiger partial charge in [-0.2, -0.15) is 0 Å². The van der Waals surface area contributed by atoms with Crippen molar-refractivity contribution in [2.45, 2.75) is 45.8 Å². The molecule has 0 saturated carbocycles. The molecule has 0 N–H and O–H groups in total. The largest absolute Gasteiger partial charge is 0.466 e. The van der Waals surface area contributed by atoms with E-state index in [4.69, 9.17) is 4.74 Å². The predicted molar refractivity (Wildman–Crippen MR) is 68.2 cm³/mol. The summed E-state index contributed by atoms with van der Waals surface area (Å²) >= 11 is 0. The van der Waals surface area contributed by atoms with E-state index in [1.54, 1.807) is 6.92 Å². The van der Waals surface area contributed by atoms with Gasteiger partial charge in [-0.05, 0) is 12.8 Å². The van der Waals surface area contributed by atoms with Gasteiger partial charge in [0, 0.05) is 22.5 Å². The molecule has 0 radical (unpaired) electrons. The predicted octanol–water partition coefficient (Wildman–Crippen LogP) is 1.69. The normalized spacial score (nSPS) is 14.4. The van der Waals surface area contributed by atoms with Gasteiger partial charge in [-0.1, -0.05) is 20.8 Å². The lowest BCUT2D eigenvalue weighted by Gasteiger charge is -2.14. The zero-order chi connectivity index (χ0) is 13.4. The van der Waals surface area contributed by atoms with Crippen molar-refractivity contribution in [1.82, 2.24) is 0 Å². The summed E-state index contributed by atoms with van der Waals surface area (Å²) in [5.74, 6) is -0.181. The molecule has 0 heterocycles. The maximum absolute atomic E-state index is 11.7. The number of hydrogen-bond acceptors (Lipinski definition) is 4. The number of carbonyl (C=O) groups is 2. The van der Waals surface area contributed by atoms with E-state index in [0.29, 0.717) is 6.61 Å². The minimum absolute atomic E-state index is 0.00143. The van der Waals surface area contributed by atoms with Crippen LogP contribution < -0.4 is 0 Å². The van der Waals surface area contributed by atoms with E-state index in [1.807, 2.05) is 20.8 Å². The van der Waals surface area contributed by atoms with Gasteiger partial charge >= 0.3 is 5.97 Å². The van der Waals surface area contributed by atoms with Crippen molar-refractivity contribution in [1.29, 1.82) is 0 Å². The Kier molecular flexibility index (Phi) is 8.04. The third kappa shape index (κ3) is 7.26. The van der Waals surface area contributed by atoms with Gasteiger partial charge in [0.05, 0.1) is 18.8 Å². The van der Waals surface area contributed by atoms with Crippen molar-refractivity contribution in [3.8, 4) is 0 Å². The number of rotatable bonds is 8. The van der Waals surface area contributed by atoms with Gasteiger partial charge < -0.3 is 4.74 Å². The SMILES string of the molecule is CCOC(=O)CCC(=O)CS(=O)C(C)C(C)C. The molecule has 4 nitrogen and oxygen atoms in total. The molecule has 0 rings (SSSR count). The second-order valence-corrected chi connectivity index (χ2v) is 6.11. The number of carbonyl (C=O) groups excluding carboxylic acids is 2. The van der Waals surface area contributed by atoms with Crippen LogP contribution in [0.4, 0.5) is 0 Å². The lowest BCUT2D eigenvalue weighted by molar-refractivity contribution is -0.144. The first kappa shape index (κ1) is 16.3. The molecule has 17 heavy (non-hydrogen) atoms. The number of esters is 1. The minimum Gasteiger partial charge on any atom is -0.466 e. The Balaban J connectivity index is 3.94. The standard InChI is InChI=1S/C12H22O4S/c1-5-16-12(14)7-6-11(13)8-17(15)10(4)9(2)3/h9-10H,5-8H2,1-4H3. The zero-order valence-corrected chi connectivity index (χ0v) is 11.8. The quantitative estimate of drug-likeness (QED) is 0.625. The van der Waals surface area contributed by atoms with E-state index in [2.05, 4.69) is 0 Å². The Morgan fingerprint density at radius 1 is 1.18 bits per heavy atom. The molecule has 100 valence electrons. The molecule has 2 atom stereocenters. The molecule has 0 aromatic carbocycles. The summed E-state index contributed by atoms with van der Waals surface area (Å²) in [6, 6.07) is 0. The molecule has 2 unspecified atom stereocenters. The van der Waals surface area contributed by atoms with Crippen LogP contribution in [0.5, 0.6) is 0 Å². The summed E-state index contributed by atoms with van der Waals surface area (Å²) in [6.45, 7) is 7.87. The fourth-order valence-electron chi connectivity index (χ4n) is 1.14. The van der Waals surface area contributed by atoms with Crippen LogP contribution in [0.2, 0.25) is 0 Å². The first-order valence-corrected chi connectivity index (χ1v) is 7.31. The molecule has 0 aromatic heterocycles. The Morgan fingerprint density at radius 2 is 1.76 bits per heavy atom. The van der Waals surface area contributed by atoms with E-state index in [-0.39, 0.29) is 41.5 Å². The van der Waals surface area contributed by atoms with Crippen LogP contribution in [0, 0.1) is 5.92 Å². The van der Waals surface area contributed by atoms with E-state index >= 15 is 0 Å². The second kappa shape index (κ2) is 8.39. The smallest absolute Gasteiger partial charge is 0.306 e. The van der Waals surface area contributed by atoms with Gasteiger partial charge in [0.15, 0.2) is 0 Å². The average molecular weight is 262 g/mol. The van der Waals surface area contributed by atoms with Gasteiger partial charge in [0.25, 0.3) is 0 Å². The zero-order valence-electron chi connectivity index (χ0n) is 11.0. The summed E-state index contributed by atoms with van der Waals surface area (Å²) in [5.41, 5.74) is 0. The third-order valence-electron chi connectivity index (χ3n) is 2.57. The van der Waals surface area contributed by atoms with Crippen LogP contribution in [-0.2, 0) is 25.1 Å². The van der Waals surface area contributed by atoms with Gasteiger partial charge in [0.2, 0.25) is 0 Å². The van der Waals surface area contributed by atoms with Crippen LogP contribution in [0.1, 0.15) is 40.5 Å². The summed E-state index contributed by atoms with van der Waals surface area (Å²) < 4.78 is 16.5. The molecular formula is C12H22O4S. The monoisotopic (exact) mass is 262 g/mol. The van der Waals surface area contributed by atoms with Gasteiger partial charge in [-0.15, -0.1) is 0 Å². The first-order valence-electron chi connectivity index (χ1n) is 5.93. The maximum Gasteiger partial charge on any atom is 0.306 e. The molecule has 0 aromatic rings. The number of ketones is 1. The Labute approximate surface area is 106 Å². The third-order valence-corrected chi connectivity index (χ3v) is 4.55. The second-order valence-electron chi connectivity index (χ2n) is 4.32. The topological polar surface area (TPSA) is 60.4 Å². The fourth-order valence-corrected chi connectivity index (χ4v) is 2.47. The van der Waals surface area contributed by atoms with Crippen LogP contribution in [0.3, 0.4) is 0 Å². The first-order chi connectivity index (χ1) is 7.88. The van der Waals surface area contributed by atoms with E-state index < -0.39 is 10.8 Å². The van der Waals surface area contributed by atoms with Crippen molar-refractivity contribution >= 4 is 22.6 Å². The molecule has 0 fully saturated rings. The Bertz CT molecular complexity index is 286. The van der Waals surface area contributed by atoms with Gasteiger partial charge in [-0.25, -0.2) is 0 Å². The molecule has 0 aliphatic rings. The fraction of sp³-hybridized carbons (Fsp3) is 0.833. The molecular weight excluding hydrogens is 240 g/mol. The number of ether oxygens (including phenoxy) is 1. The van der Waals surface area contributed by atoms with E-state index in [1.165, 1.54) is 0 Å². The van der Waals surface area contributed by atoms with Crippen LogP contribution in [0.15, 0.2) is 0 Å². The lowest BCUT2D eigenvalue weighted by Crippen LogP contribution is -2.24. The molecule has 0 amide bonds. The van der Waals surface area contributed by atoms with Gasteiger partial charge in [0.1, 0.15) is 5.78 Å². The van der Waals surface area contributed by atoms with E-state index in [9.17, 15) is 13.8 Å². The lowest BCUT2D eigenvalue weighted by atomic mass is 10.2. The molecule has 0 spiro atoms. The highest BCUT2D eigenvalue weighted by molar-refractivity contribution is 7.86. The van der Waals surface area contributed by atoms with Crippen molar-refractivity contribution in [2.75, 3.05) is 12.4 Å². The number of Topliss-reactive ketones (excluding diaryl/α,β-unsaturated/α-hetero) is 1. The Hall–Kier alpha value is -0.710. The highest BCUT2D eigenvalue weighted by atomic mass is 32.2.